The molecule has 1 atom stereocenters. The van der Waals surface area contributed by atoms with E-state index < -0.39 is 0 Å². The minimum absolute atomic E-state index is 0.130. The average molecular weight is 348 g/mol. The lowest BCUT2D eigenvalue weighted by molar-refractivity contribution is 0.250. The van der Waals surface area contributed by atoms with Crippen molar-refractivity contribution in [3.05, 3.63) is 87.6 Å². The molecule has 1 aliphatic rings. The van der Waals surface area contributed by atoms with E-state index in [9.17, 15) is 4.79 Å². The van der Waals surface area contributed by atoms with Gasteiger partial charge in [-0.1, -0.05) is 42.5 Å². The van der Waals surface area contributed by atoms with Crippen LogP contribution in [0, 0.1) is 0 Å². The normalized spacial score (nSPS) is 13.9. The molecule has 1 heterocycles. The van der Waals surface area contributed by atoms with Gasteiger partial charge in [0.15, 0.2) is 0 Å². The van der Waals surface area contributed by atoms with E-state index in [1.54, 1.807) is 11.3 Å². The highest BCUT2D eigenvalue weighted by atomic mass is 32.1. The SMILES string of the molecule is O=C(Nc1ccccc1)NC(c1ccc2c(c1)CCC2)c1cccs1. The Morgan fingerprint density at radius 3 is 2.60 bits per heavy atom. The van der Waals surface area contributed by atoms with Crippen LogP contribution in [0.4, 0.5) is 10.5 Å². The lowest BCUT2D eigenvalue weighted by atomic mass is 10.00. The monoisotopic (exact) mass is 348 g/mol. The molecule has 4 rings (SSSR count). The zero-order valence-electron chi connectivity index (χ0n) is 13.9. The molecule has 25 heavy (non-hydrogen) atoms. The van der Waals surface area contributed by atoms with E-state index in [2.05, 4.69) is 34.9 Å². The second-order valence-electron chi connectivity index (χ2n) is 6.29. The van der Waals surface area contributed by atoms with Crippen molar-refractivity contribution in [2.75, 3.05) is 5.32 Å². The Bertz CT molecular complexity index is 859. The molecular formula is C21H20N2OS. The average Bonchev–Trinajstić information content (AvgIpc) is 3.31. The molecule has 3 aromatic rings. The van der Waals surface area contributed by atoms with Crippen LogP contribution in [-0.4, -0.2) is 6.03 Å². The minimum Gasteiger partial charge on any atom is -0.326 e. The van der Waals surface area contributed by atoms with Gasteiger partial charge in [0.2, 0.25) is 0 Å². The number of nitrogens with one attached hydrogen (secondary N) is 2. The van der Waals surface area contributed by atoms with E-state index in [-0.39, 0.29) is 12.1 Å². The van der Waals surface area contributed by atoms with Gasteiger partial charge >= 0.3 is 6.03 Å². The molecule has 126 valence electrons. The summed E-state index contributed by atoms with van der Waals surface area (Å²) in [5, 5.41) is 8.09. The van der Waals surface area contributed by atoms with Gasteiger partial charge in [-0.05, 0) is 59.5 Å². The number of benzene rings is 2. The Balaban J connectivity index is 1.58. The van der Waals surface area contributed by atoms with Crippen molar-refractivity contribution >= 4 is 23.1 Å². The van der Waals surface area contributed by atoms with Crippen LogP contribution in [0.5, 0.6) is 0 Å². The third-order valence-electron chi connectivity index (χ3n) is 4.59. The summed E-state index contributed by atoms with van der Waals surface area (Å²) in [5.41, 5.74) is 4.80. The molecule has 0 bridgehead atoms. The summed E-state index contributed by atoms with van der Waals surface area (Å²) >= 11 is 1.66. The minimum atomic E-state index is -0.190. The maximum atomic E-state index is 12.5. The molecule has 2 N–H and O–H groups in total. The van der Waals surface area contributed by atoms with Gasteiger partial charge in [-0.25, -0.2) is 4.79 Å². The lowest BCUT2D eigenvalue weighted by Gasteiger charge is -2.19. The van der Waals surface area contributed by atoms with Crippen molar-refractivity contribution < 1.29 is 4.79 Å². The van der Waals surface area contributed by atoms with Gasteiger partial charge in [-0.15, -0.1) is 11.3 Å². The molecule has 0 saturated heterocycles. The third kappa shape index (κ3) is 3.59. The summed E-state index contributed by atoms with van der Waals surface area (Å²) in [6, 6.07) is 19.9. The fourth-order valence-electron chi connectivity index (χ4n) is 3.37. The van der Waals surface area contributed by atoms with Gasteiger partial charge in [0.25, 0.3) is 0 Å². The first kappa shape index (κ1) is 15.9. The van der Waals surface area contributed by atoms with Crippen LogP contribution in [0.3, 0.4) is 0 Å². The Morgan fingerprint density at radius 1 is 0.960 bits per heavy atom. The molecule has 0 fully saturated rings. The number of carbonyl (C=O) groups excluding carboxylic acids is 1. The Hall–Kier alpha value is -2.59. The molecule has 1 aromatic heterocycles. The van der Waals surface area contributed by atoms with Crippen LogP contribution in [0.1, 0.15) is 34.0 Å². The van der Waals surface area contributed by atoms with E-state index >= 15 is 0 Å². The largest absolute Gasteiger partial charge is 0.326 e. The van der Waals surface area contributed by atoms with Crippen molar-refractivity contribution in [1.82, 2.24) is 5.32 Å². The van der Waals surface area contributed by atoms with Crippen molar-refractivity contribution in [2.24, 2.45) is 0 Å². The first-order valence-electron chi connectivity index (χ1n) is 8.57. The summed E-state index contributed by atoms with van der Waals surface area (Å²) in [6.07, 6.45) is 3.53. The predicted molar refractivity (Wildman–Crippen MR) is 103 cm³/mol. The molecule has 1 unspecified atom stereocenters. The second kappa shape index (κ2) is 7.11. The molecule has 2 aromatic carbocycles. The highest BCUT2D eigenvalue weighted by Gasteiger charge is 2.20. The standard InChI is InChI=1S/C21H20N2OS/c24-21(22-18-8-2-1-3-9-18)23-20(19-10-5-13-25-19)17-12-11-15-6-4-7-16(15)14-17/h1-3,5,8-14,20H,4,6-7H2,(H2,22,23,24). The number of para-hydroxylation sites is 1. The lowest BCUT2D eigenvalue weighted by Crippen LogP contribution is -2.32. The fraction of sp³-hybridized carbons (Fsp3) is 0.190. The number of amides is 2. The van der Waals surface area contributed by atoms with Crippen LogP contribution in [0.15, 0.2) is 66.0 Å². The summed E-state index contributed by atoms with van der Waals surface area (Å²) < 4.78 is 0. The third-order valence-corrected chi connectivity index (χ3v) is 5.53. The topological polar surface area (TPSA) is 41.1 Å². The molecule has 0 spiro atoms. The van der Waals surface area contributed by atoms with Gasteiger partial charge in [0.05, 0.1) is 6.04 Å². The van der Waals surface area contributed by atoms with Gasteiger partial charge in [0.1, 0.15) is 0 Å². The molecular weight excluding hydrogens is 328 g/mol. The number of anilines is 1. The summed E-state index contributed by atoms with van der Waals surface area (Å²) in [7, 11) is 0. The first-order chi connectivity index (χ1) is 12.3. The Morgan fingerprint density at radius 2 is 1.80 bits per heavy atom. The zero-order valence-corrected chi connectivity index (χ0v) is 14.7. The fourth-order valence-corrected chi connectivity index (χ4v) is 4.17. The van der Waals surface area contributed by atoms with Gasteiger partial charge in [0, 0.05) is 10.6 Å². The van der Waals surface area contributed by atoms with Gasteiger partial charge in [-0.3, -0.25) is 0 Å². The van der Waals surface area contributed by atoms with Crippen molar-refractivity contribution in [1.29, 1.82) is 0 Å². The van der Waals surface area contributed by atoms with E-state index in [0.717, 1.165) is 22.5 Å². The number of thiophene rings is 1. The number of hydrogen-bond donors (Lipinski definition) is 2. The van der Waals surface area contributed by atoms with Crippen molar-refractivity contribution in [3.8, 4) is 0 Å². The molecule has 4 heteroatoms. The summed E-state index contributed by atoms with van der Waals surface area (Å²) in [6.45, 7) is 0. The number of carbonyl (C=O) groups is 1. The number of rotatable bonds is 4. The quantitative estimate of drug-likeness (QED) is 0.673. The van der Waals surface area contributed by atoms with Crippen LogP contribution >= 0.6 is 11.3 Å². The molecule has 0 saturated carbocycles. The summed E-state index contributed by atoms with van der Waals surface area (Å²) in [4.78, 5) is 13.6. The van der Waals surface area contributed by atoms with E-state index in [1.807, 2.05) is 41.8 Å². The number of fused-ring (bicyclic) bond motifs is 1. The Kier molecular flexibility index (Phi) is 4.53. The molecule has 3 nitrogen and oxygen atoms in total. The van der Waals surface area contributed by atoms with Crippen LogP contribution in [0.2, 0.25) is 0 Å². The zero-order chi connectivity index (χ0) is 17.1. The molecule has 0 aliphatic heterocycles. The van der Waals surface area contributed by atoms with E-state index in [1.165, 1.54) is 24.0 Å². The first-order valence-corrected chi connectivity index (χ1v) is 9.45. The molecule has 2 amide bonds. The van der Waals surface area contributed by atoms with Crippen LogP contribution in [0.25, 0.3) is 0 Å². The predicted octanol–water partition coefficient (Wildman–Crippen LogP) is 5.15. The van der Waals surface area contributed by atoms with Crippen molar-refractivity contribution in [3.63, 3.8) is 0 Å². The maximum absolute atomic E-state index is 12.5. The highest BCUT2D eigenvalue weighted by molar-refractivity contribution is 7.10. The van der Waals surface area contributed by atoms with Gasteiger partial charge in [-0.2, -0.15) is 0 Å². The molecule has 1 aliphatic carbocycles. The van der Waals surface area contributed by atoms with Crippen LogP contribution in [-0.2, 0) is 12.8 Å². The number of urea groups is 1. The van der Waals surface area contributed by atoms with Gasteiger partial charge < -0.3 is 10.6 Å². The number of aryl methyl sites for hydroxylation is 2. The smallest absolute Gasteiger partial charge is 0.320 e. The van der Waals surface area contributed by atoms with Crippen molar-refractivity contribution in [2.45, 2.75) is 25.3 Å². The molecule has 0 radical (unpaired) electrons. The highest BCUT2D eigenvalue weighted by Crippen LogP contribution is 2.30. The van der Waals surface area contributed by atoms with E-state index in [4.69, 9.17) is 0 Å². The second-order valence-corrected chi connectivity index (χ2v) is 7.27. The number of hydrogen-bond acceptors (Lipinski definition) is 2. The van der Waals surface area contributed by atoms with E-state index in [0.29, 0.717) is 0 Å². The Labute approximate surface area is 151 Å². The maximum Gasteiger partial charge on any atom is 0.320 e. The summed E-state index contributed by atoms with van der Waals surface area (Å²) in [5.74, 6) is 0. The van der Waals surface area contributed by atoms with Crippen LogP contribution < -0.4 is 10.6 Å².